The number of hydrogen-bond acceptors (Lipinski definition) is 1. The van der Waals surface area contributed by atoms with Crippen molar-refractivity contribution >= 4 is 0 Å². The van der Waals surface area contributed by atoms with Gasteiger partial charge in [-0.25, -0.2) is 0 Å². The maximum absolute atomic E-state index is 2.73. The van der Waals surface area contributed by atoms with Crippen LogP contribution >= 0.6 is 0 Å². The second kappa shape index (κ2) is 5.16. The summed E-state index contributed by atoms with van der Waals surface area (Å²) in [5.41, 5.74) is 0. The van der Waals surface area contributed by atoms with E-state index in [2.05, 4.69) is 11.8 Å². The van der Waals surface area contributed by atoms with E-state index in [-0.39, 0.29) is 0 Å². The molecule has 1 nitrogen and oxygen atoms in total. The first-order valence-corrected chi connectivity index (χ1v) is 6.62. The van der Waals surface area contributed by atoms with E-state index in [1.165, 1.54) is 64.6 Å². The van der Waals surface area contributed by atoms with E-state index in [0.717, 1.165) is 11.8 Å². The molecule has 1 saturated carbocycles. The molecule has 0 amide bonds. The second-order valence-electron chi connectivity index (χ2n) is 5.27. The highest BCUT2D eigenvalue weighted by Crippen LogP contribution is 2.37. The zero-order valence-corrected chi connectivity index (χ0v) is 9.67. The van der Waals surface area contributed by atoms with Gasteiger partial charge in [-0.1, -0.05) is 32.6 Å². The molecule has 0 radical (unpaired) electrons. The fourth-order valence-electron chi connectivity index (χ4n) is 3.28. The molecule has 1 aliphatic heterocycles. The predicted molar refractivity (Wildman–Crippen MR) is 61.4 cm³/mol. The van der Waals surface area contributed by atoms with Crippen LogP contribution in [0.1, 0.15) is 51.9 Å². The third-order valence-electron chi connectivity index (χ3n) is 4.13. The maximum atomic E-state index is 2.73. The third-order valence-corrected chi connectivity index (χ3v) is 4.13. The first-order chi connectivity index (χ1) is 6.90. The van der Waals surface area contributed by atoms with Crippen LogP contribution in [-0.4, -0.2) is 24.5 Å². The normalized spacial score (nSPS) is 32.4. The van der Waals surface area contributed by atoms with Crippen molar-refractivity contribution in [2.75, 3.05) is 19.6 Å². The van der Waals surface area contributed by atoms with Crippen molar-refractivity contribution in [3.63, 3.8) is 0 Å². The van der Waals surface area contributed by atoms with Crippen LogP contribution in [0.5, 0.6) is 0 Å². The number of nitrogens with zero attached hydrogens (tertiary/aromatic N) is 1. The standard InChI is InChI=1S/C13H25N/c1-2-3-4-5-9-14-10-12-7-6-8-13(12)11-14/h12-13H,2-11H2,1H3/t12-,13-/m0/s1. The summed E-state index contributed by atoms with van der Waals surface area (Å²) >= 11 is 0. The Morgan fingerprint density at radius 3 is 2.36 bits per heavy atom. The smallest absolute Gasteiger partial charge is 0.00129 e. The van der Waals surface area contributed by atoms with E-state index in [1.54, 1.807) is 0 Å². The Morgan fingerprint density at radius 1 is 1.00 bits per heavy atom. The quantitative estimate of drug-likeness (QED) is 0.608. The van der Waals surface area contributed by atoms with E-state index < -0.39 is 0 Å². The molecule has 2 aliphatic rings. The van der Waals surface area contributed by atoms with Gasteiger partial charge in [-0.05, 0) is 37.6 Å². The second-order valence-corrected chi connectivity index (χ2v) is 5.27. The molecule has 0 N–H and O–H groups in total. The van der Waals surface area contributed by atoms with Crippen molar-refractivity contribution in [1.29, 1.82) is 0 Å². The molecule has 1 heteroatoms. The Labute approximate surface area is 88.9 Å². The summed E-state index contributed by atoms with van der Waals surface area (Å²) in [5.74, 6) is 2.17. The van der Waals surface area contributed by atoms with Gasteiger partial charge in [0.1, 0.15) is 0 Å². The van der Waals surface area contributed by atoms with Gasteiger partial charge in [0.2, 0.25) is 0 Å². The molecule has 0 bridgehead atoms. The summed E-state index contributed by atoms with van der Waals surface area (Å²) < 4.78 is 0. The average molecular weight is 195 g/mol. The molecular formula is C13H25N. The summed E-state index contributed by atoms with van der Waals surface area (Å²) in [5, 5.41) is 0. The molecule has 0 unspecified atom stereocenters. The van der Waals surface area contributed by atoms with Gasteiger partial charge in [0, 0.05) is 13.1 Å². The number of fused-ring (bicyclic) bond motifs is 1. The van der Waals surface area contributed by atoms with Crippen LogP contribution in [0, 0.1) is 11.8 Å². The Balaban J connectivity index is 1.60. The number of rotatable bonds is 5. The minimum absolute atomic E-state index is 1.08. The SMILES string of the molecule is CCCCCCN1C[C@@H]2CCC[C@H]2C1. The average Bonchev–Trinajstić information content (AvgIpc) is 2.72. The van der Waals surface area contributed by atoms with Crippen LogP contribution in [0.4, 0.5) is 0 Å². The largest absolute Gasteiger partial charge is 0.303 e. The van der Waals surface area contributed by atoms with Gasteiger partial charge >= 0.3 is 0 Å². The van der Waals surface area contributed by atoms with Crippen molar-refractivity contribution < 1.29 is 0 Å². The first kappa shape index (κ1) is 10.5. The van der Waals surface area contributed by atoms with Crippen molar-refractivity contribution in [3.05, 3.63) is 0 Å². The van der Waals surface area contributed by atoms with Crippen LogP contribution in [0.3, 0.4) is 0 Å². The van der Waals surface area contributed by atoms with Gasteiger partial charge in [-0.3, -0.25) is 0 Å². The highest BCUT2D eigenvalue weighted by atomic mass is 15.2. The minimum Gasteiger partial charge on any atom is -0.303 e. The van der Waals surface area contributed by atoms with Gasteiger partial charge < -0.3 is 4.90 Å². The van der Waals surface area contributed by atoms with Crippen LogP contribution < -0.4 is 0 Å². The molecule has 0 aromatic rings. The number of likely N-dealkylation sites (tertiary alicyclic amines) is 1. The Kier molecular flexibility index (Phi) is 3.86. The Morgan fingerprint density at radius 2 is 1.71 bits per heavy atom. The molecule has 1 heterocycles. The Bertz CT molecular complexity index is 155. The molecule has 14 heavy (non-hydrogen) atoms. The van der Waals surface area contributed by atoms with Gasteiger partial charge in [0.05, 0.1) is 0 Å². The molecule has 2 atom stereocenters. The van der Waals surface area contributed by atoms with Gasteiger partial charge in [0.25, 0.3) is 0 Å². The third kappa shape index (κ3) is 2.50. The van der Waals surface area contributed by atoms with Crippen molar-refractivity contribution in [3.8, 4) is 0 Å². The van der Waals surface area contributed by atoms with Gasteiger partial charge in [-0.2, -0.15) is 0 Å². The molecular weight excluding hydrogens is 170 g/mol. The molecule has 0 aromatic carbocycles. The maximum Gasteiger partial charge on any atom is 0.00129 e. The lowest BCUT2D eigenvalue weighted by Crippen LogP contribution is -2.22. The van der Waals surface area contributed by atoms with Crippen LogP contribution in [0.25, 0.3) is 0 Å². The van der Waals surface area contributed by atoms with Crippen molar-refractivity contribution in [2.24, 2.45) is 11.8 Å². The monoisotopic (exact) mass is 195 g/mol. The molecule has 1 aliphatic carbocycles. The summed E-state index contributed by atoms with van der Waals surface area (Å²) in [6.07, 6.45) is 10.2. The van der Waals surface area contributed by atoms with Crippen LogP contribution in [-0.2, 0) is 0 Å². The number of unbranched alkanes of at least 4 members (excludes halogenated alkanes) is 3. The van der Waals surface area contributed by atoms with Crippen LogP contribution in [0.15, 0.2) is 0 Å². The van der Waals surface area contributed by atoms with Crippen molar-refractivity contribution in [1.82, 2.24) is 4.90 Å². The van der Waals surface area contributed by atoms with E-state index in [1.807, 2.05) is 0 Å². The highest BCUT2D eigenvalue weighted by Gasteiger charge is 2.35. The Hall–Kier alpha value is -0.0400. The first-order valence-electron chi connectivity index (χ1n) is 6.62. The van der Waals surface area contributed by atoms with E-state index in [9.17, 15) is 0 Å². The summed E-state index contributed by atoms with van der Waals surface area (Å²) in [6.45, 7) is 6.53. The molecule has 0 aromatic heterocycles. The van der Waals surface area contributed by atoms with E-state index >= 15 is 0 Å². The van der Waals surface area contributed by atoms with Gasteiger partial charge in [-0.15, -0.1) is 0 Å². The molecule has 1 saturated heterocycles. The number of hydrogen-bond donors (Lipinski definition) is 0. The fraction of sp³-hybridized carbons (Fsp3) is 1.00. The summed E-state index contributed by atoms with van der Waals surface area (Å²) in [7, 11) is 0. The summed E-state index contributed by atoms with van der Waals surface area (Å²) in [6, 6.07) is 0. The topological polar surface area (TPSA) is 3.24 Å². The van der Waals surface area contributed by atoms with Crippen molar-refractivity contribution in [2.45, 2.75) is 51.9 Å². The molecule has 0 spiro atoms. The highest BCUT2D eigenvalue weighted by molar-refractivity contribution is 4.88. The predicted octanol–water partition coefficient (Wildman–Crippen LogP) is 3.30. The van der Waals surface area contributed by atoms with Gasteiger partial charge in [0.15, 0.2) is 0 Å². The summed E-state index contributed by atoms with van der Waals surface area (Å²) in [4.78, 5) is 2.73. The van der Waals surface area contributed by atoms with Crippen LogP contribution in [0.2, 0.25) is 0 Å². The zero-order chi connectivity index (χ0) is 9.80. The lowest BCUT2D eigenvalue weighted by molar-refractivity contribution is 0.303. The van der Waals surface area contributed by atoms with E-state index in [4.69, 9.17) is 0 Å². The fourth-order valence-corrected chi connectivity index (χ4v) is 3.28. The minimum atomic E-state index is 1.08. The molecule has 82 valence electrons. The molecule has 2 rings (SSSR count). The van der Waals surface area contributed by atoms with E-state index in [0.29, 0.717) is 0 Å². The zero-order valence-electron chi connectivity index (χ0n) is 9.67. The lowest BCUT2D eigenvalue weighted by atomic mass is 10.0. The molecule has 2 fully saturated rings. The lowest BCUT2D eigenvalue weighted by Gasteiger charge is -2.16.